The molecular formula is C29H28F2N6OS. The van der Waals surface area contributed by atoms with Crippen molar-refractivity contribution in [3.05, 3.63) is 40.7 Å². The quantitative estimate of drug-likeness (QED) is 0.299. The number of halogens is 2. The Kier molecular flexibility index (Phi) is 7.35. The number of anilines is 2. The lowest BCUT2D eigenvalue weighted by atomic mass is 9.94. The number of nitrogens with zero attached hydrogens (tertiary/aromatic N) is 5. The minimum Gasteiger partial charge on any atom is -0.389 e. The zero-order chi connectivity index (χ0) is 27.8. The second-order valence-electron chi connectivity index (χ2n) is 9.45. The van der Waals surface area contributed by atoms with Gasteiger partial charge in [-0.05, 0) is 29.9 Å². The summed E-state index contributed by atoms with van der Waals surface area (Å²) in [5.74, 6) is 2.33. The number of benzene rings is 1. The van der Waals surface area contributed by atoms with Crippen LogP contribution in [0.15, 0.2) is 12.4 Å². The predicted molar refractivity (Wildman–Crippen MR) is 150 cm³/mol. The molecule has 39 heavy (non-hydrogen) atoms. The van der Waals surface area contributed by atoms with E-state index < -0.39 is 11.6 Å². The van der Waals surface area contributed by atoms with E-state index in [0.29, 0.717) is 29.2 Å². The van der Waals surface area contributed by atoms with Crippen molar-refractivity contribution in [1.29, 1.82) is 5.26 Å². The third kappa shape index (κ3) is 4.25. The van der Waals surface area contributed by atoms with E-state index in [1.165, 1.54) is 0 Å². The molecule has 200 valence electrons. The van der Waals surface area contributed by atoms with E-state index in [0.717, 1.165) is 42.5 Å². The van der Waals surface area contributed by atoms with Crippen molar-refractivity contribution in [2.75, 3.05) is 17.2 Å². The Balaban J connectivity index is 0.00000151. The number of nitrogen functional groups attached to an aromatic ring is 1. The summed E-state index contributed by atoms with van der Waals surface area (Å²) in [7, 11) is 0. The first-order chi connectivity index (χ1) is 18.9. The second kappa shape index (κ2) is 10.7. The van der Waals surface area contributed by atoms with E-state index >= 15 is 4.39 Å². The lowest BCUT2D eigenvalue weighted by Crippen LogP contribution is -2.33. The molecule has 2 unspecified atom stereocenters. The predicted octanol–water partition coefficient (Wildman–Crippen LogP) is 6.32. The highest BCUT2D eigenvalue weighted by molar-refractivity contribution is 7.23. The summed E-state index contributed by atoms with van der Waals surface area (Å²) in [6.45, 7) is 7.34. The van der Waals surface area contributed by atoms with Crippen LogP contribution in [0, 0.1) is 41.2 Å². The largest absolute Gasteiger partial charge is 0.389 e. The number of thiophene rings is 1. The fourth-order valence-electron chi connectivity index (χ4n) is 5.61. The first kappa shape index (κ1) is 26.7. The Morgan fingerprint density at radius 1 is 1.23 bits per heavy atom. The average molecular weight is 547 g/mol. The van der Waals surface area contributed by atoms with Gasteiger partial charge in [0.1, 0.15) is 16.6 Å². The second-order valence-corrected chi connectivity index (χ2v) is 10.5. The van der Waals surface area contributed by atoms with E-state index in [2.05, 4.69) is 27.7 Å². The maximum absolute atomic E-state index is 16.5. The number of nitriles is 1. The maximum Gasteiger partial charge on any atom is 0.226 e. The van der Waals surface area contributed by atoms with E-state index in [1.54, 1.807) is 6.20 Å². The molecule has 0 bridgehead atoms. The minimum atomic E-state index is -0.614. The Morgan fingerprint density at radius 3 is 2.74 bits per heavy atom. The minimum absolute atomic E-state index is 0.0833. The summed E-state index contributed by atoms with van der Waals surface area (Å²) < 4.78 is 37.0. The van der Waals surface area contributed by atoms with E-state index in [9.17, 15) is 9.65 Å². The number of ether oxygens (including phenoxy) is 1. The summed E-state index contributed by atoms with van der Waals surface area (Å²) in [6, 6.07) is 2.20. The third-order valence-corrected chi connectivity index (χ3v) is 8.48. The van der Waals surface area contributed by atoms with E-state index in [1.807, 2.05) is 19.9 Å². The van der Waals surface area contributed by atoms with Crippen molar-refractivity contribution in [3.8, 4) is 29.7 Å². The van der Waals surface area contributed by atoms with Gasteiger partial charge in [-0.25, -0.2) is 18.7 Å². The van der Waals surface area contributed by atoms with Gasteiger partial charge in [0.15, 0.2) is 11.6 Å². The first-order valence-corrected chi connectivity index (χ1v) is 13.8. The van der Waals surface area contributed by atoms with Crippen LogP contribution in [0.25, 0.3) is 32.2 Å². The third-order valence-electron chi connectivity index (χ3n) is 7.46. The van der Waals surface area contributed by atoms with Crippen LogP contribution in [0.2, 0.25) is 0 Å². The molecule has 10 heteroatoms. The number of pyridine rings is 1. The number of terminal acetylenes is 1. The number of rotatable bonds is 4. The van der Waals surface area contributed by atoms with Gasteiger partial charge in [0, 0.05) is 41.5 Å². The van der Waals surface area contributed by atoms with Gasteiger partial charge in [-0.15, -0.1) is 23.7 Å². The zero-order valence-corrected chi connectivity index (χ0v) is 22.8. The van der Waals surface area contributed by atoms with Gasteiger partial charge in [0.2, 0.25) is 5.95 Å². The Bertz CT molecular complexity index is 1670. The average Bonchev–Trinajstić information content (AvgIpc) is 3.67. The fraction of sp³-hybridized carbons (Fsp3) is 0.379. The first-order valence-electron chi connectivity index (χ1n) is 13.0. The highest BCUT2D eigenvalue weighted by Crippen LogP contribution is 2.45. The van der Waals surface area contributed by atoms with Crippen LogP contribution in [-0.2, 0) is 18.0 Å². The van der Waals surface area contributed by atoms with E-state index in [4.69, 9.17) is 21.9 Å². The summed E-state index contributed by atoms with van der Waals surface area (Å²) in [5, 5.41) is 10.7. The molecule has 0 radical (unpaired) electrons. The topological polar surface area (TPSA) is 101 Å². The van der Waals surface area contributed by atoms with Crippen molar-refractivity contribution < 1.29 is 13.5 Å². The molecule has 3 aromatic heterocycles. The van der Waals surface area contributed by atoms with Crippen molar-refractivity contribution in [2.24, 2.45) is 5.92 Å². The molecule has 4 aromatic rings. The smallest absolute Gasteiger partial charge is 0.226 e. The van der Waals surface area contributed by atoms with Gasteiger partial charge in [-0.3, -0.25) is 4.98 Å². The molecule has 0 aliphatic carbocycles. The molecule has 2 aliphatic heterocycles. The maximum atomic E-state index is 16.5. The monoisotopic (exact) mass is 546 g/mol. The summed E-state index contributed by atoms with van der Waals surface area (Å²) in [5.41, 5.74) is 7.90. The van der Waals surface area contributed by atoms with Crippen LogP contribution in [0.1, 0.15) is 56.7 Å². The molecule has 7 nitrogen and oxygen atoms in total. The number of aromatic nitrogens is 3. The molecule has 2 aliphatic rings. The summed E-state index contributed by atoms with van der Waals surface area (Å²) >= 11 is 0.948. The lowest BCUT2D eigenvalue weighted by molar-refractivity contribution is 0.135. The molecule has 1 saturated heterocycles. The van der Waals surface area contributed by atoms with Gasteiger partial charge < -0.3 is 15.4 Å². The highest BCUT2D eigenvalue weighted by Gasteiger charge is 2.34. The molecule has 5 heterocycles. The van der Waals surface area contributed by atoms with Crippen molar-refractivity contribution in [1.82, 2.24) is 15.0 Å². The standard InChI is InChI=1S/C27H22F2N6OS.C2H6/c1-3-4-5-19-13(2)6-7-35(19)27-33-9-15-16-11-36-12-17(16)20(22(29)23(15)34-27)24-21-14(8-30)26(31)37-25(21)18(28)10-32-24;1-2/h1,9-10,13,19H,4-7,11-12,31H2,2H3;1-2H3. The molecule has 1 fully saturated rings. The lowest BCUT2D eigenvalue weighted by Gasteiger charge is -2.27. The zero-order valence-electron chi connectivity index (χ0n) is 22.0. The Hall–Kier alpha value is -3.86. The highest BCUT2D eigenvalue weighted by atomic mass is 32.1. The van der Waals surface area contributed by atoms with Crippen molar-refractivity contribution in [3.63, 3.8) is 0 Å². The molecular weight excluding hydrogens is 518 g/mol. The molecule has 1 aromatic carbocycles. The Morgan fingerprint density at radius 2 is 2.00 bits per heavy atom. The van der Waals surface area contributed by atoms with Gasteiger partial charge >= 0.3 is 0 Å². The molecule has 6 rings (SSSR count). The summed E-state index contributed by atoms with van der Waals surface area (Å²) in [4.78, 5) is 15.7. The van der Waals surface area contributed by atoms with Crippen molar-refractivity contribution >= 4 is 43.3 Å². The van der Waals surface area contributed by atoms with Gasteiger partial charge in [0.25, 0.3) is 0 Å². The molecule has 0 spiro atoms. The fourth-order valence-corrected chi connectivity index (χ4v) is 6.53. The van der Waals surface area contributed by atoms with Gasteiger partial charge in [-0.2, -0.15) is 5.26 Å². The van der Waals surface area contributed by atoms with Crippen LogP contribution in [0.4, 0.5) is 19.7 Å². The SMILES string of the molecule is C#CCCC1C(C)CCN1c1ncc2c3c(c(-c4ncc(F)c5sc(N)c(C#N)c45)c(F)c2n1)COC3.CC. The molecule has 2 atom stereocenters. The van der Waals surface area contributed by atoms with Crippen LogP contribution in [-0.4, -0.2) is 27.5 Å². The Labute approximate surface area is 229 Å². The van der Waals surface area contributed by atoms with Crippen LogP contribution >= 0.6 is 11.3 Å². The van der Waals surface area contributed by atoms with Gasteiger partial charge in [-0.1, -0.05) is 20.8 Å². The molecule has 0 amide bonds. The number of nitrogens with two attached hydrogens (primary N) is 1. The van der Waals surface area contributed by atoms with Crippen LogP contribution in [0.5, 0.6) is 0 Å². The molecule has 0 saturated carbocycles. The van der Waals surface area contributed by atoms with Gasteiger partial charge in [0.05, 0.1) is 35.4 Å². The van der Waals surface area contributed by atoms with Crippen molar-refractivity contribution in [2.45, 2.75) is 59.3 Å². The normalized spacial score (nSPS) is 18.1. The summed E-state index contributed by atoms with van der Waals surface area (Å²) in [6.07, 6.45) is 10.6. The van der Waals surface area contributed by atoms with E-state index in [-0.39, 0.29) is 56.7 Å². The number of fused-ring (bicyclic) bond motifs is 4. The van der Waals surface area contributed by atoms with Crippen LogP contribution < -0.4 is 10.6 Å². The number of hydrogen-bond acceptors (Lipinski definition) is 8. The number of hydrogen-bond donors (Lipinski definition) is 1. The van der Waals surface area contributed by atoms with Crippen LogP contribution in [0.3, 0.4) is 0 Å². The molecule has 2 N–H and O–H groups in total.